The fourth-order valence-electron chi connectivity index (χ4n) is 2.83. The highest BCUT2D eigenvalue weighted by atomic mass is 35.5. The van der Waals surface area contributed by atoms with E-state index >= 15 is 0 Å². The summed E-state index contributed by atoms with van der Waals surface area (Å²) >= 11 is 13.5. The van der Waals surface area contributed by atoms with Gasteiger partial charge in [-0.3, -0.25) is 9.59 Å². The number of benzene rings is 3. The molecule has 31 heavy (non-hydrogen) atoms. The molecule has 5 nitrogen and oxygen atoms in total. The zero-order valence-corrected chi connectivity index (χ0v) is 18.3. The maximum atomic E-state index is 12.6. The van der Waals surface area contributed by atoms with Crippen molar-refractivity contribution < 1.29 is 9.59 Å². The Balaban J connectivity index is 1.39. The Morgan fingerprint density at radius 3 is 2.29 bits per heavy atom. The molecule has 4 aromatic rings. The molecule has 154 valence electrons. The molecule has 0 fully saturated rings. The lowest BCUT2D eigenvalue weighted by Gasteiger charge is -2.05. The van der Waals surface area contributed by atoms with Gasteiger partial charge in [0.1, 0.15) is 4.88 Å². The molecule has 3 aromatic carbocycles. The summed E-state index contributed by atoms with van der Waals surface area (Å²) in [6.45, 7) is 0. The first-order valence-corrected chi connectivity index (χ1v) is 10.8. The van der Waals surface area contributed by atoms with Crippen molar-refractivity contribution in [3.05, 3.63) is 98.8 Å². The Labute approximate surface area is 192 Å². The molecule has 0 saturated carbocycles. The molecule has 4 rings (SSSR count). The lowest BCUT2D eigenvalue weighted by atomic mass is 10.2. The van der Waals surface area contributed by atoms with Gasteiger partial charge in [-0.2, -0.15) is 5.10 Å². The van der Waals surface area contributed by atoms with Crippen LogP contribution >= 0.6 is 34.5 Å². The number of nitrogens with one attached hydrogen (secondary N) is 2. The van der Waals surface area contributed by atoms with Crippen LogP contribution in [0.4, 0.5) is 5.69 Å². The first-order valence-electron chi connectivity index (χ1n) is 9.19. The van der Waals surface area contributed by atoms with Gasteiger partial charge in [-0.05, 0) is 48.0 Å². The summed E-state index contributed by atoms with van der Waals surface area (Å²) in [6.07, 6.45) is 1.53. The maximum absolute atomic E-state index is 12.6. The van der Waals surface area contributed by atoms with Crippen molar-refractivity contribution in [2.75, 3.05) is 5.32 Å². The fraction of sp³-hybridized carbons (Fsp3) is 0. The van der Waals surface area contributed by atoms with Crippen molar-refractivity contribution in [3.8, 4) is 0 Å². The predicted octanol–water partition coefficient (Wildman–Crippen LogP) is 6.22. The van der Waals surface area contributed by atoms with E-state index in [4.69, 9.17) is 23.2 Å². The second kappa shape index (κ2) is 9.31. The van der Waals surface area contributed by atoms with Gasteiger partial charge in [0, 0.05) is 26.4 Å². The number of halogens is 2. The van der Waals surface area contributed by atoms with Crippen LogP contribution in [0, 0.1) is 0 Å². The molecule has 0 aliphatic rings. The van der Waals surface area contributed by atoms with Crippen LogP contribution in [-0.2, 0) is 0 Å². The molecule has 0 unspecified atom stereocenters. The van der Waals surface area contributed by atoms with Crippen molar-refractivity contribution in [1.29, 1.82) is 0 Å². The van der Waals surface area contributed by atoms with Crippen LogP contribution in [0.5, 0.6) is 0 Å². The molecule has 0 saturated heterocycles. The van der Waals surface area contributed by atoms with Gasteiger partial charge in [0.15, 0.2) is 0 Å². The van der Waals surface area contributed by atoms with Crippen LogP contribution in [-0.4, -0.2) is 18.0 Å². The lowest BCUT2D eigenvalue weighted by Crippen LogP contribution is -2.17. The Kier molecular flexibility index (Phi) is 6.32. The fourth-order valence-corrected chi connectivity index (χ4v) is 4.37. The summed E-state index contributed by atoms with van der Waals surface area (Å²) in [6, 6.07) is 21.2. The molecule has 0 aliphatic heterocycles. The molecule has 0 radical (unpaired) electrons. The SMILES string of the molecule is O=C(N/N=C\c1ccc(Cl)cc1)c1ccc(NC(=O)c2sc3ccccc3c2Cl)cc1. The minimum Gasteiger partial charge on any atom is -0.321 e. The Hall–Kier alpha value is -3.19. The van der Waals surface area contributed by atoms with Gasteiger partial charge in [-0.1, -0.05) is 53.5 Å². The Bertz CT molecular complexity index is 1280. The molecule has 0 bridgehead atoms. The summed E-state index contributed by atoms with van der Waals surface area (Å²) in [4.78, 5) is 25.3. The molecular formula is C23H15Cl2N3O2S. The van der Waals surface area contributed by atoms with Crippen LogP contribution in [0.3, 0.4) is 0 Å². The number of carbonyl (C=O) groups is 2. The Morgan fingerprint density at radius 2 is 1.58 bits per heavy atom. The highest BCUT2D eigenvalue weighted by Gasteiger charge is 2.17. The summed E-state index contributed by atoms with van der Waals surface area (Å²) in [5.41, 5.74) is 4.24. The van der Waals surface area contributed by atoms with E-state index < -0.39 is 0 Å². The number of amides is 2. The summed E-state index contributed by atoms with van der Waals surface area (Å²) in [7, 11) is 0. The van der Waals surface area contributed by atoms with E-state index in [0.717, 1.165) is 15.6 Å². The van der Waals surface area contributed by atoms with Crippen LogP contribution < -0.4 is 10.7 Å². The van der Waals surface area contributed by atoms with Crippen LogP contribution in [0.2, 0.25) is 10.0 Å². The number of nitrogens with zero attached hydrogens (tertiary/aromatic N) is 1. The van der Waals surface area contributed by atoms with Gasteiger partial charge >= 0.3 is 0 Å². The predicted molar refractivity (Wildman–Crippen MR) is 128 cm³/mol. The van der Waals surface area contributed by atoms with Crippen molar-refractivity contribution in [3.63, 3.8) is 0 Å². The van der Waals surface area contributed by atoms with E-state index in [-0.39, 0.29) is 11.8 Å². The molecular weight excluding hydrogens is 453 g/mol. The average molecular weight is 468 g/mol. The number of anilines is 1. The number of thiophene rings is 1. The number of hydrogen-bond acceptors (Lipinski definition) is 4. The molecule has 2 amide bonds. The number of carbonyl (C=O) groups excluding carboxylic acids is 2. The van der Waals surface area contributed by atoms with Crippen LogP contribution in [0.25, 0.3) is 10.1 Å². The minimum absolute atomic E-state index is 0.295. The third kappa shape index (κ3) is 4.94. The van der Waals surface area contributed by atoms with E-state index in [1.807, 2.05) is 24.3 Å². The molecule has 0 spiro atoms. The third-order valence-corrected chi connectivity index (χ3v) is 6.32. The van der Waals surface area contributed by atoms with E-state index in [2.05, 4.69) is 15.8 Å². The van der Waals surface area contributed by atoms with E-state index in [0.29, 0.717) is 26.2 Å². The monoisotopic (exact) mass is 467 g/mol. The van der Waals surface area contributed by atoms with Gasteiger partial charge in [0.25, 0.3) is 11.8 Å². The largest absolute Gasteiger partial charge is 0.321 e. The second-order valence-corrected chi connectivity index (χ2v) is 8.39. The highest BCUT2D eigenvalue weighted by molar-refractivity contribution is 7.21. The summed E-state index contributed by atoms with van der Waals surface area (Å²) in [5.74, 6) is -0.661. The highest BCUT2D eigenvalue weighted by Crippen LogP contribution is 2.35. The van der Waals surface area contributed by atoms with E-state index in [1.165, 1.54) is 17.6 Å². The number of hydrazone groups is 1. The smallest absolute Gasteiger partial charge is 0.271 e. The second-order valence-electron chi connectivity index (χ2n) is 6.52. The molecule has 8 heteroatoms. The van der Waals surface area contributed by atoms with Gasteiger partial charge in [-0.15, -0.1) is 11.3 Å². The molecule has 1 aromatic heterocycles. The summed E-state index contributed by atoms with van der Waals surface area (Å²) in [5, 5.41) is 8.67. The normalized spacial score (nSPS) is 11.0. The first kappa shape index (κ1) is 21.1. The van der Waals surface area contributed by atoms with Gasteiger partial charge in [0.05, 0.1) is 11.2 Å². The molecule has 2 N–H and O–H groups in total. The molecule has 0 atom stereocenters. The van der Waals surface area contributed by atoms with E-state index in [9.17, 15) is 9.59 Å². The van der Waals surface area contributed by atoms with Gasteiger partial charge < -0.3 is 5.32 Å². The number of fused-ring (bicyclic) bond motifs is 1. The summed E-state index contributed by atoms with van der Waals surface area (Å²) < 4.78 is 0.948. The third-order valence-electron chi connectivity index (χ3n) is 4.40. The van der Waals surface area contributed by atoms with Crippen molar-refractivity contribution in [2.45, 2.75) is 0 Å². The van der Waals surface area contributed by atoms with Gasteiger partial charge in [0.2, 0.25) is 0 Å². The minimum atomic E-state index is -0.365. The van der Waals surface area contributed by atoms with Crippen molar-refractivity contribution in [2.24, 2.45) is 5.10 Å². The zero-order chi connectivity index (χ0) is 21.8. The van der Waals surface area contributed by atoms with Gasteiger partial charge in [-0.25, -0.2) is 5.43 Å². The van der Waals surface area contributed by atoms with E-state index in [1.54, 1.807) is 48.5 Å². The van der Waals surface area contributed by atoms with Crippen molar-refractivity contribution >= 4 is 68.3 Å². The first-order chi connectivity index (χ1) is 15.0. The quantitative estimate of drug-likeness (QED) is 0.270. The zero-order valence-electron chi connectivity index (χ0n) is 15.9. The average Bonchev–Trinajstić information content (AvgIpc) is 3.12. The topological polar surface area (TPSA) is 70.6 Å². The van der Waals surface area contributed by atoms with Crippen LogP contribution in [0.15, 0.2) is 77.9 Å². The standard InChI is InChI=1S/C23H15Cl2N3O2S/c24-16-9-5-14(6-10-16)13-26-28-22(29)15-7-11-17(12-8-15)27-23(30)21-20(25)18-3-1-2-4-19(18)31-21/h1-13H,(H,27,30)(H,28,29)/b26-13-. The molecule has 1 heterocycles. The maximum Gasteiger partial charge on any atom is 0.271 e. The number of hydrogen-bond donors (Lipinski definition) is 2. The molecule has 0 aliphatic carbocycles. The van der Waals surface area contributed by atoms with Crippen LogP contribution in [0.1, 0.15) is 25.6 Å². The number of rotatable bonds is 5. The lowest BCUT2D eigenvalue weighted by molar-refractivity contribution is 0.0954. The Morgan fingerprint density at radius 1 is 0.871 bits per heavy atom. The van der Waals surface area contributed by atoms with Crippen molar-refractivity contribution in [1.82, 2.24) is 5.43 Å².